The predicted molar refractivity (Wildman–Crippen MR) is 96.1 cm³/mol. The van der Waals surface area contributed by atoms with Crippen LogP contribution in [0.3, 0.4) is 0 Å². The van der Waals surface area contributed by atoms with Gasteiger partial charge in [0, 0.05) is 35.6 Å². The Bertz CT molecular complexity index is 920. The topological polar surface area (TPSA) is 72.1 Å². The summed E-state index contributed by atoms with van der Waals surface area (Å²) >= 11 is 1.60. The van der Waals surface area contributed by atoms with E-state index in [-0.39, 0.29) is 11.9 Å². The zero-order chi connectivity index (χ0) is 16.7. The van der Waals surface area contributed by atoms with Gasteiger partial charge in [-0.25, -0.2) is 9.97 Å². The lowest BCUT2D eigenvalue weighted by Crippen LogP contribution is -2.31. The van der Waals surface area contributed by atoms with Crippen LogP contribution in [-0.2, 0) is 0 Å². The van der Waals surface area contributed by atoms with Crippen molar-refractivity contribution in [3.8, 4) is 11.3 Å². The molecule has 1 aliphatic rings. The molecular formula is C18H18N4OS. The zero-order valence-electron chi connectivity index (χ0n) is 13.4. The molecule has 0 spiro atoms. The number of hydrogen-bond donors (Lipinski definition) is 1. The number of amides is 1. The first kappa shape index (κ1) is 15.2. The van der Waals surface area contributed by atoms with Gasteiger partial charge in [0.2, 0.25) is 0 Å². The van der Waals surface area contributed by atoms with Crippen LogP contribution < -0.4 is 5.73 Å². The number of aromatic nitrogens is 2. The van der Waals surface area contributed by atoms with E-state index in [1.807, 2.05) is 47.5 Å². The highest BCUT2D eigenvalue weighted by Crippen LogP contribution is 2.30. The molecule has 1 unspecified atom stereocenters. The maximum atomic E-state index is 12.7. The van der Waals surface area contributed by atoms with Gasteiger partial charge in [-0.1, -0.05) is 12.1 Å². The van der Waals surface area contributed by atoms with E-state index in [0.29, 0.717) is 12.1 Å². The van der Waals surface area contributed by atoms with Crippen molar-refractivity contribution >= 4 is 27.5 Å². The number of benzene rings is 1. The minimum absolute atomic E-state index is 0.0390. The summed E-state index contributed by atoms with van der Waals surface area (Å²) in [7, 11) is 0. The van der Waals surface area contributed by atoms with E-state index in [2.05, 4.69) is 9.97 Å². The molecule has 0 saturated carbocycles. The van der Waals surface area contributed by atoms with Crippen molar-refractivity contribution in [3.63, 3.8) is 0 Å². The molecule has 6 heteroatoms. The third-order valence-corrected chi connectivity index (χ3v) is 5.14. The van der Waals surface area contributed by atoms with Crippen molar-refractivity contribution in [1.82, 2.24) is 14.9 Å². The number of aryl methyl sites for hydroxylation is 1. The van der Waals surface area contributed by atoms with E-state index in [1.54, 1.807) is 11.3 Å². The summed E-state index contributed by atoms with van der Waals surface area (Å²) in [4.78, 5) is 24.6. The number of thiophene rings is 1. The molecule has 0 bridgehead atoms. The Hall–Kier alpha value is -2.31. The number of hydrogen-bond acceptors (Lipinski definition) is 5. The summed E-state index contributed by atoms with van der Waals surface area (Å²) in [5.41, 5.74) is 8.42. The summed E-state index contributed by atoms with van der Waals surface area (Å²) in [6.07, 6.45) is 0.867. The minimum Gasteiger partial charge on any atom is -0.337 e. The van der Waals surface area contributed by atoms with Crippen LogP contribution in [0.1, 0.15) is 22.6 Å². The van der Waals surface area contributed by atoms with E-state index in [4.69, 9.17) is 5.73 Å². The van der Waals surface area contributed by atoms with E-state index in [9.17, 15) is 4.79 Å². The largest absolute Gasteiger partial charge is 0.337 e. The van der Waals surface area contributed by atoms with Crippen molar-refractivity contribution in [1.29, 1.82) is 0 Å². The first-order valence-electron chi connectivity index (χ1n) is 7.99. The maximum Gasteiger partial charge on any atom is 0.253 e. The van der Waals surface area contributed by atoms with Crippen LogP contribution in [0.2, 0.25) is 0 Å². The summed E-state index contributed by atoms with van der Waals surface area (Å²) in [5.74, 6) is 0.777. The molecule has 0 aliphatic carbocycles. The molecule has 0 radical (unpaired) electrons. The highest BCUT2D eigenvalue weighted by molar-refractivity contribution is 7.16. The molecule has 3 heterocycles. The molecule has 1 amide bonds. The number of fused-ring (bicyclic) bond motifs is 1. The quantitative estimate of drug-likeness (QED) is 0.780. The Labute approximate surface area is 144 Å². The molecule has 1 aliphatic heterocycles. The minimum atomic E-state index is 0.0390. The zero-order valence-corrected chi connectivity index (χ0v) is 14.2. The Balaban J connectivity index is 1.74. The van der Waals surface area contributed by atoms with Crippen molar-refractivity contribution in [2.75, 3.05) is 13.1 Å². The van der Waals surface area contributed by atoms with Crippen LogP contribution in [0.5, 0.6) is 0 Å². The van der Waals surface area contributed by atoms with Gasteiger partial charge in [0.1, 0.15) is 10.7 Å². The molecule has 1 aromatic carbocycles. The Morgan fingerprint density at radius 1 is 1.33 bits per heavy atom. The standard InChI is InChI=1S/C18H18N4OS/c1-11-20-16(15-6-8-24-17(15)21-11)12-3-2-4-13(9-12)18(23)22-7-5-14(19)10-22/h2-4,6,8-9,14H,5,7,10,19H2,1H3. The smallest absolute Gasteiger partial charge is 0.253 e. The molecular weight excluding hydrogens is 320 g/mol. The first-order valence-corrected chi connectivity index (χ1v) is 8.87. The molecule has 1 fully saturated rings. The fraction of sp³-hybridized carbons (Fsp3) is 0.278. The van der Waals surface area contributed by atoms with Crippen LogP contribution in [0.25, 0.3) is 21.5 Å². The normalized spacial score (nSPS) is 17.6. The first-order chi connectivity index (χ1) is 11.6. The van der Waals surface area contributed by atoms with E-state index in [0.717, 1.165) is 40.3 Å². The molecule has 4 rings (SSSR count). The lowest BCUT2D eigenvalue weighted by atomic mass is 10.0. The Kier molecular flexibility index (Phi) is 3.78. The van der Waals surface area contributed by atoms with Gasteiger partial charge in [0.05, 0.1) is 5.69 Å². The van der Waals surface area contributed by atoms with Crippen molar-refractivity contribution in [2.24, 2.45) is 5.73 Å². The van der Waals surface area contributed by atoms with Gasteiger partial charge in [-0.05, 0) is 36.9 Å². The van der Waals surface area contributed by atoms with E-state index in [1.165, 1.54) is 0 Å². The number of rotatable bonds is 2. The van der Waals surface area contributed by atoms with Crippen LogP contribution >= 0.6 is 11.3 Å². The van der Waals surface area contributed by atoms with Gasteiger partial charge in [-0.15, -0.1) is 11.3 Å². The number of nitrogens with zero attached hydrogens (tertiary/aromatic N) is 3. The average Bonchev–Trinajstić information content (AvgIpc) is 3.22. The average molecular weight is 338 g/mol. The molecule has 1 atom stereocenters. The molecule has 24 heavy (non-hydrogen) atoms. The molecule has 2 aromatic heterocycles. The SMILES string of the molecule is Cc1nc(-c2cccc(C(=O)N3CCC(N)C3)c2)c2ccsc2n1. The second-order valence-electron chi connectivity index (χ2n) is 6.14. The monoisotopic (exact) mass is 338 g/mol. The number of carbonyl (C=O) groups excluding carboxylic acids is 1. The second kappa shape index (κ2) is 5.96. The summed E-state index contributed by atoms with van der Waals surface area (Å²) in [6.45, 7) is 3.25. The van der Waals surface area contributed by atoms with Gasteiger partial charge in [-0.3, -0.25) is 4.79 Å². The predicted octanol–water partition coefficient (Wildman–Crippen LogP) is 2.84. The highest BCUT2D eigenvalue weighted by Gasteiger charge is 2.24. The van der Waals surface area contributed by atoms with Crippen molar-refractivity contribution in [3.05, 3.63) is 47.1 Å². The van der Waals surface area contributed by atoms with E-state index >= 15 is 0 Å². The molecule has 5 nitrogen and oxygen atoms in total. The summed E-state index contributed by atoms with van der Waals surface area (Å²) in [5, 5.41) is 3.04. The number of nitrogens with two attached hydrogens (primary N) is 1. The number of likely N-dealkylation sites (tertiary alicyclic amines) is 1. The second-order valence-corrected chi connectivity index (χ2v) is 7.03. The van der Waals surface area contributed by atoms with Gasteiger partial charge >= 0.3 is 0 Å². The van der Waals surface area contributed by atoms with Crippen LogP contribution in [0.15, 0.2) is 35.7 Å². The third-order valence-electron chi connectivity index (χ3n) is 4.33. The van der Waals surface area contributed by atoms with Crippen LogP contribution in [-0.4, -0.2) is 39.9 Å². The molecule has 2 N–H and O–H groups in total. The molecule has 122 valence electrons. The van der Waals surface area contributed by atoms with Crippen molar-refractivity contribution < 1.29 is 4.79 Å². The van der Waals surface area contributed by atoms with Crippen molar-refractivity contribution in [2.45, 2.75) is 19.4 Å². The number of carbonyl (C=O) groups is 1. The fourth-order valence-electron chi connectivity index (χ4n) is 3.14. The highest BCUT2D eigenvalue weighted by atomic mass is 32.1. The summed E-state index contributed by atoms with van der Waals surface area (Å²) in [6, 6.07) is 9.80. The van der Waals surface area contributed by atoms with Crippen LogP contribution in [0.4, 0.5) is 0 Å². The summed E-state index contributed by atoms with van der Waals surface area (Å²) < 4.78 is 0. The van der Waals surface area contributed by atoms with Gasteiger partial charge in [-0.2, -0.15) is 0 Å². The Morgan fingerprint density at radius 3 is 3.00 bits per heavy atom. The van der Waals surface area contributed by atoms with Gasteiger partial charge < -0.3 is 10.6 Å². The lowest BCUT2D eigenvalue weighted by molar-refractivity contribution is 0.0791. The fourth-order valence-corrected chi connectivity index (χ4v) is 3.95. The van der Waals surface area contributed by atoms with Crippen LogP contribution in [0, 0.1) is 6.92 Å². The van der Waals surface area contributed by atoms with E-state index < -0.39 is 0 Å². The van der Waals surface area contributed by atoms with Gasteiger partial charge in [0.15, 0.2) is 0 Å². The third kappa shape index (κ3) is 2.68. The maximum absolute atomic E-state index is 12.7. The molecule has 1 saturated heterocycles. The molecule has 3 aromatic rings. The Morgan fingerprint density at radius 2 is 2.21 bits per heavy atom. The van der Waals surface area contributed by atoms with Gasteiger partial charge in [0.25, 0.3) is 5.91 Å². The lowest BCUT2D eigenvalue weighted by Gasteiger charge is -2.16.